The zero-order valence-corrected chi connectivity index (χ0v) is 14.4. The lowest BCUT2D eigenvalue weighted by atomic mass is 9.79. The highest BCUT2D eigenvalue weighted by molar-refractivity contribution is 9.10. The number of methoxy groups -OCH3 is 1. The Morgan fingerprint density at radius 3 is 2.21 bits per heavy atom. The molecule has 0 atom stereocenters. The monoisotopic (exact) mass is 328 g/mol. The van der Waals surface area contributed by atoms with Crippen molar-refractivity contribution in [3.05, 3.63) is 26.7 Å². The van der Waals surface area contributed by atoms with Gasteiger partial charge in [0.2, 0.25) is 0 Å². The first-order valence-corrected chi connectivity index (χ1v) is 7.31. The number of ether oxygens (including phenoxy) is 1. The van der Waals surface area contributed by atoms with E-state index in [1.807, 2.05) is 0 Å². The van der Waals surface area contributed by atoms with Crippen LogP contribution in [0.25, 0.3) is 0 Å². The summed E-state index contributed by atoms with van der Waals surface area (Å²) in [6, 6.07) is 0. The second-order valence-electron chi connectivity index (χ2n) is 5.61. The van der Waals surface area contributed by atoms with Gasteiger partial charge >= 0.3 is 0 Å². The van der Waals surface area contributed by atoms with E-state index in [4.69, 9.17) is 10.5 Å². The SMILES string of the molecule is COc1c(C)c(C)c(Br)c(C)c1C(C)(C)CNCN. The number of nitrogens with one attached hydrogen (secondary N) is 1. The lowest BCUT2D eigenvalue weighted by Gasteiger charge is -2.31. The molecule has 0 fully saturated rings. The molecule has 0 saturated carbocycles. The summed E-state index contributed by atoms with van der Waals surface area (Å²) >= 11 is 3.70. The molecule has 19 heavy (non-hydrogen) atoms. The van der Waals surface area contributed by atoms with Crippen molar-refractivity contribution in [3.63, 3.8) is 0 Å². The molecule has 0 unspecified atom stereocenters. The van der Waals surface area contributed by atoms with E-state index in [1.54, 1.807) is 7.11 Å². The summed E-state index contributed by atoms with van der Waals surface area (Å²) in [5, 5.41) is 3.23. The zero-order valence-electron chi connectivity index (χ0n) is 12.8. The predicted octanol–water partition coefficient (Wildman–Crippen LogP) is 3.17. The molecule has 0 aliphatic heterocycles. The van der Waals surface area contributed by atoms with Crippen molar-refractivity contribution in [1.29, 1.82) is 0 Å². The van der Waals surface area contributed by atoms with Gasteiger partial charge in [-0.3, -0.25) is 0 Å². The van der Waals surface area contributed by atoms with E-state index < -0.39 is 0 Å². The van der Waals surface area contributed by atoms with E-state index in [0.29, 0.717) is 6.67 Å². The maximum atomic E-state index is 5.68. The second kappa shape index (κ2) is 6.25. The molecule has 0 aromatic heterocycles. The Hall–Kier alpha value is -0.580. The van der Waals surface area contributed by atoms with Gasteiger partial charge < -0.3 is 15.8 Å². The summed E-state index contributed by atoms with van der Waals surface area (Å²) in [6.45, 7) is 12.1. The van der Waals surface area contributed by atoms with Crippen LogP contribution in [0.3, 0.4) is 0 Å². The van der Waals surface area contributed by atoms with Gasteiger partial charge in [0.05, 0.1) is 7.11 Å². The topological polar surface area (TPSA) is 47.3 Å². The Labute approximate surface area is 125 Å². The fourth-order valence-electron chi connectivity index (χ4n) is 2.63. The van der Waals surface area contributed by atoms with Crippen LogP contribution in [0.2, 0.25) is 0 Å². The van der Waals surface area contributed by atoms with Gasteiger partial charge in [0.1, 0.15) is 5.75 Å². The molecule has 0 aliphatic carbocycles. The summed E-state index contributed by atoms with van der Waals surface area (Å²) in [7, 11) is 1.74. The third-order valence-electron chi connectivity index (χ3n) is 3.76. The van der Waals surface area contributed by atoms with Gasteiger partial charge in [-0.15, -0.1) is 0 Å². The molecule has 3 nitrogen and oxygen atoms in total. The lowest BCUT2D eigenvalue weighted by molar-refractivity contribution is 0.382. The van der Waals surface area contributed by atoms with E-state index in [9.17, 15) is 0 Å². The molecular formula is C15H25BrN2O. The predicted molar refractivity (Wildman–Crippen MR) is 85.0 cm³/mol. The highest BCUT2D eigenvalue weighted by Gasteiger charge is 2.29. The first-order chi connectivity index (χ1) is 8.77. The molecule has 0 radical (unpaired) electrons. The highest BCUT2D eigenvalue weighted by Crippen LogP contribution is 2.42. The molecule has 0 spiro atoms. The minimum Gasteiger partial charge on any atom is -0.496 e. The number of benzene rings is 1. The molecule has 4 heteroatoms. The third kappa shape index (κ3) is 3.12. The van der Waals surface area contributed by atoms with Crippen molar-refractivity contribution < 1.29 is 4.74 Å². The highest BCUT2D eigenvalue weighted by atomic mass is 79.9. The van der Waals surface area contributed by atoms with Gasteiger partial charge in [0.15, 0.2) is 0 Å². The average molecular weight is 329 g/mol. The number of halogens is 1. The molecule has 0 heterocycles. The zero-order chi connectivity index (χ0) is 14.8. The van der Waals surface area contributed by atoms with Crippen LogP contribution in [0.1, 0.15) is 36.1 Å². The van der Waals surface area contributed by atoms with E-state index >= 15 is 0 Å². The Kier molecular flexibility index (Phi) is 5.42. The Balaban J connectivity index is 3.49. The van der Waals surface area contributed by atoms with Gasteiger partial charge in [-0.25, -0.2) is 0 Å². The van der Waals surface area contributed by atoms with Gasteiger partial charge in [-0.2, -0.15) is 0 Å². The van der Waals surface area contributed by atoms with Crippen LogP contribution >= 0.6 is 15.9 Å². The molecule has 3 N–H and O–H groups in total. The van der Waals surface area contributed by atoms with Crippen LogP contribution in [-0.2, 0) is 5.41 Å². The van der Waals surface area contributed by atoms with Crippen LogP contribution in [0, 0.1) is 20.8 Å². The van der Waals surface area contributed by atoms with E-state index in [-0.39, 0.29) is 5.41 Å². The fourth-order valence-corrected chi connectivity index (χ4v) is 3.12. The Bertz CT molecular complexity index is 470. The molecule has 1 aromatic rings. The van der Waals surface area contributed by atoms with Gasteiger partial charge in [0.25, 0.3) is 0 Å². The molecule has 1 rings (SSSR count). The van der Waals surface area contributed by atoms with Crippen LogP contribution < -0.4 is 15.8 Å². The quantitative estimate of drug-likeness (QED) is 0.816. The summed E-state index contributed by atoms with van der Waals surface area (Å²) in [4.78, 5) is 0. The van der Waals surface area contributed by atoms with Crippen LogP contribution in [-0.4, -0.2) is 20.3 Å². The number of nitrogens with two attached hydrogens (primary N) is 1. The largest absolute Gasteiger partial charge is 0.496 e. The smallest absolute Gasteiger partial charge is 0.126 e. The van der Waals surface area contributed by atoms with Crippen molar-refractivity contribution in [1.82, 2.24) is 5.32 Å². The van der Waals surface area contributed by atoms with Crippen LogP contribution in [0.5, 0.6) is 5.75 Å². The molecule has 0 saturated heterocycles. The maximum Gasteiger partial charge on any atom is 0.126 e. The Morgan fingerprint density at radius 2 is 1.74 bits per heavy atom. The van der Waals surface area contributed by atoms with E-state index in [2.05, 4.69) is 55.9 Å². The Morgan fingerprint density at radius 1 is 1.16 bits per heavy atom. The summed E-state index contributed by atoms with van der Waals surface area (Å²) < 4.78 is 6.85. The minimum atomic E-state index is -0.0459. The summed E-state index contributed by atoms with van der Waals surface area (Å²) in [5.41, 5.74) is 10.4. The van der Waals surface area contributed by atoms with Crippen molar-refractivity contribution in [2.75, 3.05) is 20.3 Å². The summed E-state index contributed by atoms with van der Waals surface area (Å²) in [5.74, 6) is 0.988. The van der Waals surface area contributed by atoms with E-state index in [1.165, 1.54) is 26.7 Å². The van der Waals surface area contributed by atoms with Gasteiger partial charge in [-0.05, 0) is 37.5 Å². The molecule has 1 aromatic carbocycles. The number of rotatable bonds is 5. The van der Waals surface area contributed by atoms with Gasteiger partial charge in [0, 0.05) is 28.7 Å². The van der Waals surface area contributed by atoms with Crippen molar-refractivity contribution >= 4 is 15.9 Å². The average Bonchev–Trinajstić information content (AvgIpc) is 2.37. The van der Waals surface area contributed by atoms with E-state index in [0.717, 1.165) is 12.3 Å². The summed E-state index contributed by atoms with van der Waals surface area (Å²) in [6.07, 6.45) is 0. The number of hydrogen-bond donors (Lipinski definition) is 2. The maximum absolute atomic E-state index is 5.68. The first kappa shape index (κ1) is 16.5. The van der Waals surface area contributed by atoms with Crippen LogP contribution in [0.15, 0.2) is 4.47 Å². The molecule has 108 valence electrons. The number of hydrogen-bond acceptors (Lipinski definition) is 3. The molecule has 0 aliphatic rings. The van der Waals surface area contributed by atoms with Crippen molar-refractivity contribution in [3.8, 4) is 5.75 Å². The minimum absolute atomic E-state index is 0.0459. The normalized spacial score (nSPS) is 11.8. The fraction of sp³-hybridized carbons (Fsp3) is 0.600. The van der Waals surface area contributed by atoms with Crippen LogP contribution in [0.4, 0.5) is 0 Å². The molecular weight excluding hydrogens is 304 g/mol. The lowest BCUT2D eigenvalue weighted by Crippen LogP contribution is -2.37. The first-order valence-electron chi connectivity index (χ1n) is 6.52. The van der Waals surface area contributed by atoms with Crippen molar-refractivity contribution in [2.45, 2.75) is 40.0 Å². The second-order valence-corrected chi connectivity index (χ2v) is 6.41. The molecule has 0 bridgehead atoms. The third-order valence-corrected chi connectivity index (χ3v) is 4.95. The molecule has 0 amide bonds. The van der Waals surface area contributed by atoms with Gasteiger partial charge in [-0.1, -0.05) is 29.8 Å². The standard InChI is InChI=1S/C15H25BrN2O/c1-9-10(2)14(19-6)12(11(3)13(9)16)15(4,5)7-18-8-17/h18H,7-8,17H2,1-6H3. The van der Waals surface area contributed by atoms with Crippen molar-refractivity contribution in [2.24, 2.45) is 5.73 Å².